The fourth-order valence-corrected chi connectivity index (χ4v) is 3.17. The van der Waals surface area contributed by atoms with E-state index in [4.69, 9.17) is 14.2 Å². The molecule has 0 atom stereocenters. The van der Waals surface area contributed by atoms with Gasteiger partial charge in [-0.25, -0.2) is 0 Å². The first kappa shape index (κ1) is 20.3. The van der Waals surface area contributed by atoms with Crippen LogP contribution in [0.5, 0.6) is 17.2 Å². The molecular formula is C22H24N2O5. The van der Waals surface area contributed by atoms with E-state index in [1.807, 2.05) is 6.92 Å². The number of methoxy groups -OCH3 is 3. The van der Waals surface area contributed by atoms with E-state index in [0.29, 0.717) is 47.0 Å². The zero-order chi connectivity index (χ0) is 21.0. The van der Waals surface area contributed by atoms with Gasteiger partial charge in [0.05, 0.1) is 26.9 Å². The van der Waals surface area contributed by atoms with E-state index in [2.05, 4.69) is 5.32 Å². The maximum Gasteiger partial charge on any atom is 0.278 e. The first-order valence-electron chi connectivity index (χ1n) is 9.27. The standard InChI is InChI=1S/C22H24N2O5/c1-5-10-24-21(25)19(14-6-8-16(27-2)9-7-14)20(22(24)26)23-15-11-17(28-3)13-18(12-15)29-4/h6-9,11-13,23H,5,10H2,1-4H3. The number of hydrogen-bond acceptors (Lipinski definition) is 6. The lowest BCUT2D eigenvalue weighted by Gasteiger charge is -2.14. The molecule has 2 amide bonds. The first-order chi connectivity index (χ1) is 14.0. The van der Waals surface area contributed by atoms with Crippen LogP contribution in [0.15, 0.2) is 48.2 Å². The number of ether oxygens (including phenoxy) is 3. The molecule has 2 aromatic rings. The van der Waals surface area contributed by atoms with Gasteiger partial charge in [-0.3, -0.25) is 14.5 Å². The van der Waals surface area contributed by atoms with Gasteiger partial charge in [0, 0.05) is 30.4 Å². The molecule has 3 rings (SSSR count). The minimum absolute atomic E-state index is 0.226. The van der Waals surface area contributed by atoms with Gasteiger partial charge in [-0.1, -0.05) is 19.1 Å². The summed E-state index contributed by atoms with van der Waals surface area (Å²) in [7, 11) is 4.67. The minimum atomic E-state index is -0.357. The summed E-state index contributed by atoms with van der Waals surface area (Å²) in [4.78, 5) is 27.3. The molecule has 0 unspecified atom stereocenters. The fraction of sp³-hybridized carbons (Fsp3) is 0.273. The molecule has 0 saturated heterocycles. The van der Waals surface area contributed by atoms with Gasteiger partial charge in [0.15, 0.2) is 0 Å². The predicted octanol–water partition coefficient (Wildman–Crippen LogP) is 3.31. The molecule has 0 fully saturated rings. The van der Waals surface area contributed by atoms with E-state index < -0.39 is 0 Å². The molecule has 0 aliphatic carbocycles. The summed E-state index contributed by atoms with van der Waals surface area (Å²) in [5, 5.41) is 3.11. The van der Waals surface area contributed by atoms with Crippen LogP contribution in [-0.2, 0) is 9.59 Å². The Kier molecular flexibility index (Phi) is 6.07. The van der Waals surface area contributed by atoms with Crippen molar-refractivity contribution in [3.05, 3.63) is 53.7 Å². The molecule has 0 bridgehead atoms. The third-order valence-electron chi connectivity index (χ3n) is 4.61. The maximum atomic E-state index is 13.0. The number of rotatable bonds is 8. The van der Waals surface area contributed by atoms with Crippen LogP contribution in [0.3, 0.4) is 0 Å². The largest absolute Gasteiger partial charge is 0.497 e. The van der Waals surface area contributed by atoms with Crippen molar-refractivity contribution < 1.29 is 23.8 Å². The number of carbonyl (C=O) groups excluding carboxylic acids is 2. The van der Waals surface area contributed by atoms with Crippen LogP contribution in [0.4, 0.5) is 5.69 Å². The Morgan fingerprint density at radius 1 is 0.828 bits per heavy atom. The van der Waals surface area contributed by atoms with E-state index >= 15 is 0 Å². The average molecular weight is 396 g/mol. The number of benzene rings is 2. The molecule has 0 saturated carbocycles. The molecule has 7 nitrogen and oxygen atoms in total. The normalized spacial score (nSPS) is 13.7. The second kappa shape index (κ2) is 8.68. The molecule has 0 aromatic heterocycles. The zero-order valence-corrected chi connectivity index (χ0v) is 16.9. The predicted molar refractivity (Wildman–Crippen MR) is 110 cm³/mol. The summed E-state index contributed by atoms with van der Waals surface area (Å²) in [5.74, 6) is 1.13. The third kappa shape index (κ3) is 4.03. The lowest BCUT2D eigenvalue weighted by molar-refractivity contribution is -0.136. The molecule has 0 spiro atoms. The lowest BCUT2D eigenvalue weighted by atomic mass is 10.0. The highest BCUT2D eigenvalue weighted by atomic mass is 16.5. The van der Waals surface area contributed by atoms with Crippen molar-refractivity contribution in [2.24, 2.45) is 0 Å². The van der Waals surface area contributed by atoms with Crippen LogP contribution >= 0.6 is 0 Å². The monoisotopic (exact) mass is 396 g/mol. The van der Waals surface area contributed by atoms with E-state index in [-0.39, 0.29) is 17.5 Å². The van der Waals surface area contributed by atoms with Crippen molar-refractivity contribution in [1.82, 2.24) is 4.90 Å². The van der Waals surface area contributed by atoms with E-state index in [1.165, 1.54) is 4.90 Å². The number of imide groups is 1. The SMILES string of the molecule is CCCN1C(=O)C(Nc2cc(OC)cc(OC)c2)=C(c2ccc(OC)cc2)C1=O. The van der Waals surface area contributed by atoms with Gasteiger partial charge in [0.2, 0.25) is 0 Å². The van der Waals surface area contributed by atoms with Crippen LogP contribution in [0.2, 0.25) is 0 Å². The minimum Gasteiger partial charge on any atom is -0.497 e. The topological polar surface area (TPSA) is 77.1 Å². The van der Waals surface area contributed by atoms with Gasteiger partial charge >= 0.3 is 0 Å². The van der Waals surface area contributed by atoms with Crippen molar-refractivity contribution in [3.63, 3.8) is 0 Å². The third-order valence-corrected chi connectivity index (χ3v) is 4.61. The van der Waals surface area contributed by atoms with E-state index in [0.717, 1.165) is 0 Å². The van der Waals surface area contributed by atoms with Gasteiger partial charge < -0.3 is 19.5 Å². The highest BCUT2D eigenvalue weighted by Crippen LogP contribution is 2.33. The molecule has 29 heavy (non-hydrogen) atoms. The molecule has 0 radical (unpaired) electrons. The van der Waals surface area contributed by atoms with Gasteiger partial charge in [-0.2, -0.15) is 0 Å². The van der Waals surface area contributed by atoms with Gasteiger partial charge in [0.1, 0.15) is 22.9 Å². The second-order valence-corrected chi connectivity index (χ2v) is 6.47. The Morgan fingerprint density at radius 3 is 1.93 bits per heavy atom. The Balaban J connectivity index is 2.07. The van der Waals surface area contributed by atoms with Crippen molar-refractivity contribution in [2.75, 3.05) is 33.2 Å². The molecule has 1 aliphatic rings. The number of hydrogen-bond donors (Lipinski definition) is 1. The molecule has 7 heteroatoms. The molecule has 152 valence electrons. The van der Waals surface area contributed by atoms with Gasteiger partial charge in [-0.05, 0) is 24.1 Å². The first-order valence-corrected chi connectivity index (χ1v) is 9.27. The second-order valence-electron chi connectivity index (χ2n) is 6.47. The van der Waals surface area contributed by atoms with Crippen molar-refractivity contribution in [1.29, 1.82) is 0 Å². The van der Waals surface area contributed by atoms with Crippen LogP contribution in [0, 0.1) is 0 Å². The van der Waals surface area contributed by atoms with Crippen LogP contribution < -0.4 is 19.5 Å². The quantitative estimate of drug-likeness (QED) is 0.690. The number of amides is 2. The summed E-state index contributed by atoms with van der Waals surface area (Å²) in [5.41, 5.74) is 1.78. The van der Waals surface area contributed by atoms with Crippen molar-refractivity contribution in [3.8, 4) is 17.2 Å². The van der Waals surface area contributed by atoms with Gasteiger partial charge in [-0.15, -0.1) is 0 Å². The summed E-state index contributed by atoms with van der Waals surface area (Å²) in [6.07, 6.45) is 0.674. The molecule has 1 N–H and O–H groups in total. The molecule has 2 aromatic carbocycles. The van der Waals surface area contributed by atoms with Crippen molar-refractivity contribution >= 4 is 23.1 Å². The average Bonchev–Trinajstić information content (AvgIpc) is 2.98. The number of nitrogens with zero attached hydrogens (tertiary/aromatic N) is 1. The highest BCUT2D eigenvalue weighted by Gasteiger charge is 2.38. The van der Waals surface area contributed by atoms with Crippen LogP contribution in [-0.4, -0.2) is 44.6 Å². The molecule has 1 heterocycles. The Hall–Kier alpha value is -3.48. The summed E-state index contributed by atoms with van der Waals surface area (Å²) >= 11 is 0. The smallest absolute Gasteiger partial charge is 0.278 e. The molecular weight excluding hydrogens is 372 g/mol. The maximum absolute atomic E-state index is 13.0. The zero-order valence-electron chi connectivity index (χ0n) is 16.9. The van der Waals surface area contributed by atoms with Crippen LogP contribution in [0.25, 0.3) is 5.57 Å². The summed E-state index contributed by atoms with van der Waals surface area (Å²) in [6, 6.07) is 12.3. The highest BCUT2D eigenvalue weighted by molar-refractivity contribution is 6.36. The summed E-state index contributed by atoms with van der Waals surface area (Å²) < 4.78 is 15.8. The summed E-state index contributed by atoms with van der Waals surface area (Å²) in [6.45, 7) is 2.27. The van der Waals surface area contributed by atoms with E-state index in [9.17, 15) is 9.59 Å². The Labute approximate surface area is 169 Å². The number of carbonyl (C=O) groups is 2. The lowest BCUT2D eigenvalue weighted by Crippen LogP contribution is -2.33. The fourth-order valence-electron chi connectivity index (χ4n) is 3.17. The van der Waals surface area contributed by atoms with Crippen molar-refractivity contribution in [2.45, 2.75) is 13.3 Å². The molecule has 1 aliphatic heterocycles. The Morgan fingerprint density at radius 2 is 1.41 bits per heavy atom. The van der Waals surface area contributed by atoms with Crippen LogP contribution in [0.1, 0.15) is 18.9 Å². The number of nitrogens with one attached hydrogen (secondary N) is 1. The van der Waals surface area contributed by atoms with E-state index in [1.54, 1.807) is 63.8 Å². The Bertz CT molecular complexity index is 928. The number of anilines is 1. The van der Waals surface area contributed by atoms with Gasteiger partial charge in [0.25, 0.3) is 11.8 Å².